The van der Waals surface area contributed by atoms with E-state index in [1.807, 2.05) is 0 Å². The average Bonchev–Trinajstić information content (AvgIpc) is 2.98. The monoisotopic (exact) mass is 722 g/mol. The molecule has 256 valence electrons. The van der Waals surface area contributed by atoms with E-state index in [4.69, 9.17) is 0 Å². The zero-order valence-electron chi connectivity index (χ0n) is 23.7. The number of phenolic OH excluding ortho intramolecular Hbond substituents is 6. The van der Waals surface area contributed by atoms with Crippen LogP contribution in [0, 0.1) is 20.2 Å². The number of benzene rings is 4. The number of rotatable bonds is 10. The van der Waals surface area contributed by atoms with Crippen molar-refractivity contribution >= 4 is 54.4 Å². The SMILES string of the molecule is O=[N+]([O-])c1cc(N=Nc2cc(Cc3cc(N=Nc4cc(S(=O)(=O)O)cc([N+](=O)[O-])c4O)c(O)cc3O)c(O)cc2O)c(O)c(S(=O)(=O)O)c1. The van der Waals surface area contributed by atoms with Crippen LogP contribution in [0.3, 0.4) is 0 Å². The van der Waals surface area contributed by atoms with Crippen molar-refractivity contribution in [1.29, 1.82) is 0 Å². The number of aromatic hydroxyl groups is 6. The fourth-order valence-corrected chi connectivity index (χ4v) is 5.12. The van der Waals surface area contributed by atoms with Gasteiger partial charge in [0.15, 0.2) is 5.75 Å². The van der Waals surface area contributed by atoms with Crippen LogP contribution in [0.4, 0.5) is 34.1 Å². The second kappa shape index (κ2) is 13.0. The number of nitro groups is 2. The van der Waals surface area contributed by atoms with Crippen molar-refractivity contribution in [3.8, 4) is 34.5 Å². The van der Waals surface area contributed by atoms with E-state index >= 15 is 0 Å². The molecule has 0 aliphatic carbocycles. The first kappa shape index (κ1) is 35.4. The predicted molar refractivity (Wildman–Crippen MR) is 160 cm³/mol. The molecule has 24 heteroatoms. The molecular formula is C25H18N6O16S2. The largest absolute Gasteiger partial charge is 0.508 e. The Morgan fingerprint density at radius 3 is 1.45 bits per heavy atom. The Kier molecular flexibility index (Phi) is 9.34. The topological polar surface area (TPSA) is 366 Å². The molecule has 0 radical (unpaired) electrons. The summed E-state index contributed by atoms with van der Waals surface area (Å²) in [4.78, 5) is 18.0. The molecule has 4 aromatic carbocycles. The summed E-state index contributed by atoms with van der Waals surface area (Å²) in [6.45, 7) is 0. The van der Waals surface area contributed by atoms with Gasteiger partial charge < -0.3 is 30.6 Å². The third-order valence-corrected chi connectivity index (χ3v) is 8.03. The number of nitro benzene ring substituents is 2. The smallest absolute Gasteiger partial charge is 0.314 e. The highest BCUT2D eigenvalue weighted by atomic mass is 32.2. The fourth-order valence-electron chi connectivity index (χ4n) is 3.98. The van der Waals surface area contributed by atoms with Gasteiger partial charge in [-0.05, 0) is 18.2 Å². The molecule has 0 atom stereocenters. The minimum absolute atomic E-state index is 0.119. The molecular weight excluding hydrogens is 704 g/mol. The van der Waals surface area contributed by atoms with Crippen molar-refractivity contribution in [2.75, 3.05) is 0 Å². The summed E-state index contributed by atoms with van der Waals surface area (Å²) in [5.74, 6) is -5.05. The minimum atomic E-state index is -5.16. The normalized spacial score (nSPS) is 12.1. The first-order valence-electron chi connectivity index (χ1n) is 12.6. The van der Waals surface area contributed by atoms with Gasteiger partial charge in [-0.25, -0.2) is 0 Å². The van der Waals surface area contributed by atoms with Crippen molar-refractivity contribution in [1.82, 2.24) is 0 Å². The Morgan fingerprint density at radius 2 is 1.02 bits per heavy atom. The summed E-state index contributed by atoms with van der Waals surface area (Å²) in [7, 11) is -10.2. The number of non-ortho nitro benzene ring substituents is 1. The highest BCUT2D eigenvalue weighted by Gasteiger charge is 2.26. The second-order valence-corrected chi connectivity index (χ2v) is 12.4. The van der Waals surface area contributed by atoms with E-state index in [0.29, 0.717) is 24.3 Å². The highest BCUT2D eigenvalue weighted by molar-refractivity contribution is 7.86. The number of azo groups is 2. The van der Waals surface area contributed by atoms with Crippen LogP contribution in [0.1, 0.15) is 11.1 Å². The van der Waals surface area contributed by atoms with Gasteiger partial charge in [-0.15, -0.1) is 20.5 Å². The third-order valence-electron chi connectivity index (χ3n) is 6.33. The molecule has 0 unspecified atom stereocenters. The van der Waals surface area contributed by atoms with Gasteiger partial charge in [-0.1, -0.05) is 0 Å². The van der Waals surface area contributed by atoms with Crippen LogP contribution >= 0.6 is 0 Å². The fraction of sp³-hybridized carbons (Fsp3) is 0.0400. The Hall–Kier alpha value is -6.50. The first-order valence-corrected chi connectivity index (χ1v) is 15.5. The Balaban J connectivity index is 1.73. The van der Waals surface area contributed by atoms with Gasteiger partial charge in [-0.3, -0.25) is 29.3 Å². The zero-order chi connectivity index (χ0) is 36.6. The molecule has 0 bridgehead atoms. The first-order chi connectivity index (χ1) is 22.7. The van der Waals surface area contributed by atoms with E-state index in [-0.39, 0.29) is 11.1 Å². The Labute approximate surface area is 271 Å². The average molecular weight is 723 g/mol. The van der Waals surface area contributed by atoms with Gasteiger partial charge in [0, 0.05) is 47.9 Å². The van der Waals surface area contributed by atoms with E-state index in [1.165, 1.54) is 0 Å². The molecule has 0 saturated heterocycles. The number of phenols is 6. The predicted octanol–water partition coefficient (Wildman–Crippen LogP) is 4.65. The van der Waals surface area contributed by atoms with Gasteiger partial charge in [0.25, 0.3) is 25.9 Å². The van der Waals surface area contributed by atoms with Crippen LogP contribution in [0.15, 0.2) is 78.8 Å². The van der Waals surface area contributed by atoms with Crippen LogP contribution in [0.25, 0.3) is 0 Å². The lowest BCUT2D eigenvalue weighted by Gasteiger charge is -2.10. The zero-order valence-corrected chi connectivity index (χ0v) is 25.3. The van der Waals surface area contributed by atoms with Crippen LogP contribution in [0.2, 0.25) is 0 Å². The maximum Gasteiger partial charge on any atom is 0.314 e. The lowest BCUT2D eigenvalue weighted by molar-refractivity contribution is -0.386. The van der Waals surface area contributed by atoms with E-state index < -0.39 is 115 Å². The van der Waals surface area contributed by atoms with E-state index in [0.717, 1.165) is 24.3 Å². The van der Waals surface area contributed by atoms with Crippen molar-refractivity contribution in [2.24, 2.45) is 20.5 Å². The van der Waals surface area contributed by atoms with Crippen LogP contribution in [-0.4, -0.2) is 66.4 Å². The molecule has 0 heterocycles. The van der Waals surface area contributed by atoms with Gasteiger partial charge in [0.05, 0.1) is 9.85 Å². The summed E-state index contributed by atoms with van der Waals surface area (Å²) in [6.07, 6.45) is -0.437. The number of nitrogens with zero attached hydrogens (tertiary/aromatic N) is 6. The quantitative estimate of drug-likeness (QED) is 0.0477. The molecule has 22 nitrogen and oxygen atoms in total. The van der Waals surface area contributed by atoms with Crippen molar-refractivity contribution in [3.63, 3.8) is 0 Å². The molecule has 0 aliphatic heterocycles. The molecule has 0 fully saturated rings. The summed E-state index contributed by atoms with van der Waals surface area (Å²) in [5.41, 5.74) is -4.89. The standard InChI is InChI=1S/C25H18N6O16S2/c32-19-8-21(34)14(26-28-16-4-12(30(38)39)5-23(25(16)37)49(45,46)47)2-10(19)1-11-3-15(22(35)9-20(11)33)27-29-17-6-13(48(42,43)44)7-18(24(17)36)31(40)41/h2-9,32-37H,1H2,(H,42,43,44)(H,45,46,47). The van der Waals surface area contributed by atoms with Gasteiger partial charge in [-0.2, -0.15) is 16.8 Å². The van der Waals surface area contributed by atoms with Gasteiger partial charge in [0.1, 0.15) is 55.5 Å². The summed E-state index contributed by atoms with van der Waals surface area (Å²) < 4.78 is 64.8. The molecule has 49 heavy (non-hydrogen) atoms. The molecule has 4 aromatic rings. The van der Waals surface area contributed by atoms with Gasteiger partial charge >= 0.3 is 5.69 Å². The molecule has 0 aliphatic rings. The van der Waals surface area contributed by atoms with Crippen LogP contribution in [0.5, 0.6) is 34.5 Å². The number of hydrogen-bond donors (Lipinski definition) is 8. The van der Waals surface area contributed by atoms with Crippen LogP contribution in [-0.2, 0) is 26.7 Å². The summed E-state index contributed by atoms with van der Waals surface area (Å²) in [6, 6.07) is 5.36. The lowest BCUT2D eigenvalue weighted by Crippen LogP contribution is -2.00. The van der Waals surface area contributed by atoms with Crippen molar-refractivity contribution < 1.29 is 66.4 Å². The lowest BCUT2D eigenvalue weighted by atomic mass is 10.0. The second-order valence-electron chi connectivity index (χ2n) is 9.60. The van der Waals surface area contributed by atoms with Crippen LogP contribution < -0.4 is 0 Å². The molecule has 0 saturated carbocycles. The summed E-state index contributed by atoms with van der Waals surface area (Å²) in [5, 5.41) is 98.4. The molecule has 0 aromatic heterocycles. The Bertz CT molecular complexity index is 2280. The summed E-state index contributed by atoms with van der Waals surface area (Å²) >= 11 is 0. The Morgan fingerprint density at radius 1 is 0.551 bits per heavy atom. The van der Waals surface area contributed by atoms with E-state index in [2.05, 4.69) is 20.5 Å². The minimum Gasteiger partial charge on any atom is -0.508 e. The number of hydrogen-bond acceptors (Lipinski definition) is 18. The molecule has 4 rings (SSSR count). The van der Waals surface area contributed by atoms with E-state index in [9.17, 15) is 76.8 Å². The highest BCUT2D eigenvalue weighted by Crippen LogP contribution is 2.43. The maximum absolute atomic E-state index is 11.6. The van der Waals surface area contributed by atoms with Crippen molar-refractivity contribution in [3.05, 3.63) is 79.9 Å². The molecule has 0 amide bonds. The maximum atomic E-state index is 11.6. The van der Waals surface area contributed by atoms with E-state index in [1.54, 1.807) is 0 Å². The third kappa shape index (κ3) is 7.73. The molecule has 8 N–H and O–H groups in total. The van der Waals surface area contributed by atoms with Gasteiger partial charge in [0.2, 0.25) is 5.75 Å². The van der Waals surface area contributed by atoms with Crippen molar-refractivity contribution in [2.45, 2.75) is 16.2 Å². The molecule has 0 spiro atoms.